The molecule has 4 N–H and O–H groups in total. The number of halogens is 2. The third kappa shape index (κ3) is 4.44. The van der Waals surface area contributed by atoms with E-state index in [1.165, 1.54) is 13.8 Å². The molecule has 1 spiro atoms. The van der Waals surface area contributed by atoms with E-state index in [-0.39, 0.29) is 47.4 Å². The molecule has 10 bridgehead atoms. The maximum absolute atomic E-state index is 14.2. The number of ether oxygens (including phenoxy) is 1. The number of fused-ring (bicyclic) bond motifs is 7. The monoisotopic (exact) mass is 749 g/mol. The van der Waals surface area contributed by atoms with Crippen molar-refractivity contribution in [3.8, 4) is 39.8 Å². The van der Waals surface area contributed by atoms with Crippen molar-refractivity contribution >= 4 is 51.5 Å². The Morgan fingerprint density at radius 1 is 1.04 bits per heavy atom. The molecule has 0 fully saturated rings. The zero-order valence-corrected chi connectivity index (χ0v) is 30.6. The number of anilines is 1. The molecule has 13 heteroatoms. The molecule has 4 aliphatic rings. The fourth-order valence-corrected chi connectivity index (χ4v) is 9.04. The van der Waals surface area contributed by atoms with Crippen molar-refractivity contribution in [1.29, 1.82) is 0 Å². The number of aliphatic hydroxyl groups is 1. The number of Topliss-reactive ketones (excluding diaryl/α,β-unsaturated/α-hetero) is 1. The number of aromatic amines is 1. The summed E-state index contributed by atoms with van der Waals surface area (Å²) in [6.45, 7) is 6.78. The molecule has 4 aliphatic heterocycles. The molecule has 53 heavy (non-hydrogen) atoms. The van der Waals surface area contributed by atoms with E-state index in [1.807, 2.05) is 56.3 Å². The summed E-state index contributed by atoms with van der Waals surface area (Å²) in [6, 6.07) is 17.2. The molecule has 0 saturated heterocycles. The minimum atomic E-state index is -1.61. The van der Waals surface area contributed by atoms with Gasteiger partial charge in [-0.25, -0.2) is 4.98 Å². The van der Waals surface area contributed by atoms with Gasteiger partial charge in [-0.3, -0.25) is 9.59 Å². The molecule has 7 heterocycles. The van der Waals surface area contributed by atoms with Crippen LogP contribution in [0.15, 0.2) is 63.4 Å². The predicted molar refractivity (Wildman–Crippen MR) is 198 cm³/mol. The fraction of sp³-hybridized carbons (Fsp3) is 0.300. The molecular formula is C40H33Cl2N5O6. The molecule has 3 aromatic carbocycles. The lowest BCUT2D eigenvalue weighted by molar-refractivity contribution is -0.138. The zero-order valence-electron chi connectivity index (χ0n) is 29.1. The average Bonchev–Trinajstić information content (AvgIpc) is 3.91. The third-order valence-electron chi connectivity index (χ3n) is 11.2. The molecule has 2 unspecified atom stereocenters. The van der Waals surface area contributed by atoms with Gasteiger partial charge in [-0.15, -0.1) is 0 Å². The summed E-state index contributed by atoms with van der Waals surface area (Å²) in [5.74, 6) is -0.139. The highest BCUT2D eigenvalue weighted by Gasteiger charge is 2.61. The van der Waals surface area contributed by atoms with Crippen LogP contribution in [0.3, 0.4) is 0 Å². The number of H-pyrrole nitrogens is 1. The molecule has 4 atom stereocenters. The Labute approximate surface area is 313 Å². The van der Waals surface area contributed by atoms with Gasteiger partial charge in [0.25, 0.3) is 5.89 Å². The Morgan fingerprint density at radius 3 is 2.62 bits per heavy atom. The van der Waals surface area contributed by atoms with E-state index < -0.39 is 35.0 Å². The highest BCUT2D eigenvalue weighted by Crippen LogP contribution is 2.62. The number of benzene rings is 3. The molecule has 1 amide bonds. The Morgan fingerprint density at radius 2 is 1.83 bits per heavy atom. The lowest BCUT2D eigenvalue weighted by Gasteiger charge is -2.29. The smallest absolute Gasteiger partial charge is 0.250 e. The van der Waals surface area contributed by atoms with Crippen molar-refractivity contribution in [3.63, 3.8) is 0 Å². The van der Waals surface area contributed by atoms with Crippen molar-refractivity contribution in [2.24, 2.45) is 11.8 Å². The van der Waals surface area contributed by atoms with Crippen molar-refractivity contribution in [1.82, 2.24) is 20.3 Å². The van der Waals surface area contributed by atoms with Crippen LogP contribution in [0.5, 0.6) is 5.75 Å². The van der Waals surface area contributed by atoms with Crippen LogP contribution in [0.25, 0.3) is 44.9 Å². The second-order valence-electron chi connectivity index (χ2n) is 15.2. The lowest BCUT2D eigenvalue weighted by atomic mass is 9.72. The van der Waals surface area contributed by atoms with Crippen molar-refractivity contribution in [2.45, 2.75) is 63.8 Å². The first-order valence-corrected chi connectivity index (χ1v) is 18.3. The van der Waals surface area contributed by atoms with Crippen molar-refractivity contribution < 1.29 is 28.3 Å². The molecule has 268 valence electrons. The summed E-state index contributed by atoms with van der Waals surface area (Å²) in [5.41, 5.74) is 4.04. The molecule has 11 nitrogen and oxygen atoms in total. The average molecular weight is 751 g/mol. The number of carbonyl (C=O) groups is 2. The Kier molecular flexibility index (Phi) is 6.74. The van der Waals surface area contributed by atoms with Gasteiger partial charge in [0.05, 0.1) is 5.56 Å². The third-order valence-corrected chi connectivity index (χ3v) is 11.7. The first kappa shape index (κ1) is 32.5. The van der Waals surface area contributed by atoms with Crippen LogP contribution in [-0.4, -0.2) is 43.6 Å². The van der Waals surface area contributed by atoms with Gasteiger partial charge >= 0.3 is 0 Å². The quantitative estimate of drug-likeness (QED) is 0.140. The molecule has 0 aliphatic carbocycles. The van der Waals surface area contributed by atoms with Gasteiger partial charge in [0.15, 0.2) is 34.4 Å². The van der Waals surface area contributed by atoms with Crippen LogP contribution in [0.1, 0.15) is 68.5 Å². The summed E-state index contributed by atoms with van der Waals surface area (Å²) < 4.78 is 20.4. The minimum Gasteiger partial charge on any atom is -0.469 e. The van der Waals surface area contributed by atoms with E-state index >= 15 is 0 Å². The first-order valence-electron chi connectivity index (χ1n) is 17.6. The number of hydrogen-bond donors (Lipinski definition) is 4. The normalized spacial score (nSPS) is 22.1. The van der Waals surface area contributed by atoms with Crippen molar-refractivity contribution in [2.75, 3.05) is 5.32 Å². The number of hydrogen-bond acceptors (Lipinski definition) is 9. The highest BCUT2D eigenvalue weighted by atomic mass is 35.5. The first-order chi connectivity index (χ1) is 25.3. The topological polar surface area (TPSA) is 156 Å². The summed E-state index contributed by atoms with van der Waals surface area (Å²) in [7, 11) is 0. The largest absolute Gasteiger partial charge is 0.469 e. The number of rotatable bonds is 4. The maximum Gasteiger partial charge on any atom is 0.250 e. The number of oxazole rings is 2. The van der Waals surface area contributed by atoms with Gasteiger partial charge in [-0.2, -0.15) is 4.98 Å². The maximum atomic E-state index is 14.2. The van der Waals surface area contributed by atoms with Crippen molar-refractivity contribution in [3.05, 3.63) is 93.2 Å². The van der Waals surface area contributed by atoms with E-state index in [1.54, 1.807) is 0 Å². The van der Waals surface area contributed by atoms with E-state index in [0.29, 0.717) is 27.9 Å². The number of ketones is 1. The van der Waals surface area contributed by atoms with Gasteiger partial charge < -0.3 is 34.3 Å². The standard InChI is InChI=1S/C40H33Cl2N5O6/c1-16(2)28-36-45-30-32(53-36)40-21-9-5-8-20(19-7-6-10-23-26(19)27(33(41)43-23)31-34(42)47-37(30)52-31)29(21)46-38(40)51-24-12-11-17(14-22(24)40)13-18(35(49)44-28)15-25(48)39(3,4)50/h5-12,14,16,18,28,38,43,46,50H,13,15H2,1-4H3,(H,44,49)/t18-,28+,38?,40?/m1/s1. The van der Waals surface area contributed by atoms with Crippen LogP contribution >= 0.6 is 23.2 Å². The summed E-state index contributed by atoms with van der Waals surface area (Å²) >= 11 is 13.9. The van der Waals surface area contributed by atoms with E-state index in [4.69, 9.17) is 46.7 Å². The lowest BCUT2D eigenvalue weighted by Crippen LogP contribution is -2.41. The molecular weight excluding hydrogens is 717 g/mol. The molecule has 10 rings (SSSR count). The fourth-order valence-electron chi connectivity index (χ4n) is 8.54. The summed E-state index contributed by atoms with van der Waals surface area (Å²) in [4.78, 5) is 40.5. The van der Waals surface area contributed by atoms with Gasteiger partial charge in [0.2, 0.25) is 11.8 Å². The Hall–Kier alpha value is -5.10. The number of para-hydroxylation sites is 1. The molecule has 6 aromatic rings. The molecule has 3 aromatic heterocycles. The second-order valence-corrected chi connectivity index (χ2v) is 16.0. The Bertz CT molecular complexity index is 2580. The van der Waals surface area contributed by atoms with Crippen LogP contribution in [-0.2, 0) is 21.4 Å². The van der Waals surface area contributed by atoms with Gasteiger partial charge in [-0.1, -0.05) is 79.5 Å². The zero-order chi connectivity index (χ0) is 36.7. The highest BCUT2D eigenvalue weighted by molar-refractivity contribution is 6.37. The number of nitrogens with one attached hydrogen (secondary N) is 3. The second kappa shape index (κ2) is 11.0. The number of carbonyl (C=O) groups excluding carboxylic acids is 2. The summed E-state index contributed by atoms with van der Waals surface area (Å²) in [5, 5.41) is 18.7. The van der Waals surface area contributed by atoms with Gasteiger partial charge in [0.1, 0.15) is 28.0 Å². The van der Waals surface area contributed by atoms with Crippen LogP contribution < -0.4 is 15.4 Å². The molecule has 0 saturated carbocycles. The van der Waals surface area contributed by atoms with E-state index in [2.05, 4.69) is 27.8 Å². The SMILES string of the molecule is CC(C)[C@@H]1NC(=O)[C@@H](CC(=O)C(C)(C)O)Cc2ccc3c(c2)C24c5cccc(c5NC2O3)-c2cccc3[nH]c(Cl)c(c23)-c2oc(nc2Cl)-c2nc1oc24. The predicted octanol–water partition coefficient (Wildman–Crippen LogP) is 7.96. The van der Waals surface area contributed by atoms with Crippen LogP contribution in [0.2, 0.25) is 10.3 Å². The van der Waals surface area contributed by atoms with Crippen LogP contribution in [0.4, 0.5) is 5.69 Å². The number of amides is 1. The van der Waals surface area contributed by atoms with Gasteiger partial charge in [-0.05, 0) is 49.4 Å². The Balaban J connectivity index is 1.32. The van der Waals surface area contributed by atoms with Crippen LogP contribution in [0, 0.1) is 11.8 Å². The van der Waals surface area contributed by atoms with E-state index in [0.717, 1.165) is 44.4 Å². The van der Waals surface area contributed by atoms with Gasteiger partial charge in [0, 0.05) is 45.6 Å². The summed E-state index contributed by atoms with van der Waals surface area (Å²) in [6.07, 6.45) is -0.613. The number of nitrogens with zero attached hydrogens (tertiary/aromatic N) is 2. The number of aromatic nitrogens is 3. The molecule has 0 radical (unpaired) electrons. The minimum absolute atomic E-state index is 0.0939. The van der Waals surface area contributed by atoms with E-state index in [9.17, 15) is 14.7 Å².